The van der Waals surface area contributed by atoms with Gasteiger partial charge in [0.25, 0.3) is 0 Å². The number of hydrogen-bond acceptors (Lipinski definition) is 4. The predicted octanol–water partition coefficient (Wildman–Crippen LogP) is 2.66. The number of pyridine rings is 1. The van der Waals surface area contributed by atoms with Gasteiger partial charge in [0, 0.05) is 16.0 Å². The zero-order chi connectivity index (χ0) is 11.4. The Hall–Kier alpha value is -1.59. The normalized spacial score (nSPS) is 10.1. The molecule has 0 spiro atoms. The van der Waals surface area contributed by atoms with Gasteiger partial charge >= 0.3 is 0 Å². The molecule has 0 aliphatic rings. The van der Waals surface area contributed by atoms with Crippen LogP contribution in [-0.4, -0.2) is 4.98 Å². The predicted molar refractivity (Wildman–Crippen MR) is 62.6 cm³/mol. The van der Waals surface area contributed by atoms with Crippen molar-refractivity contribution in [3.8, 4) is 0 Å². The van der Waals surface area contributed by atoms with E-state index < -0.39 is 0 Å². The molecule has 0 amide bonds. The number of nitrogen functional groups attached to an aromatic ring is 1. The van der Waals surface area contributed by atoms with E-state index >= 15 is 0 Å². The van der Waals surface area contributed by atoms with Crippen LogP contribution in [0.15, 0.2) is 52.4 Å². The average molecular weight is 235 g/mol. The van der Waals surface area contributed by atoms with E-state index in [0.717, 1.165) is 9.79 Å². The van der Waals surface area contributed by atoms with Crippen LogP contribution in [0.4, 0.5) is 10.2 Å². The van der Waals surface area contributed by atoms with Crippen molar-refractivity contribution < 1.29 is 4.39 Å². The van der Waals surface area contributed by atoms with E-state index in [-0.39, 0.29) is 5.82 Å². The molecule has 1 aromatic heterocycles. The van der Waals surface area contributed by atoms with Crippen molar-refractivity contribution >= 4 is 17.6 Å². The van der Waals surface area contributed by atoms with Crippen LogP contribution in [0.5, 0.6) is 0 Å². The number of halogens is 1. The third kappa shape index (κ3) is 2.71. The minimum Gasteiger partial charge on any atom is -0.308 e. The third-order valence-corrected chi connectivity index (χ3v) is 2.93. The molecule has 0 aliphatic carbocycles. The van der Waals surface area contributed by atoms with Gasteiger partial charge in [-0.15, -0.1) is 0 Å². The van der Waals surface area contributed by atoms with Crippen molar-refractivity contribution in [3.05, 3.63) is 48.4 Å². The van der Waals surface area contributed by atoms with Crippen molar-refractivity contribution in [2.75, 3.05) is 5.43 Å². The topological polar surface area (TPSA) is 50.9 Å². The fourth-order valence-corrected chi connectivity index (χ4v) is 2.04. The Kier molecular flexibility index (Phi) is 3.38. The highest BCUT2D eigenvalue weighted by Gasteiger charge is 1.99. The number of nitrogens with two attached hydrogens (primary N) is 1. The van der Waals surface area contributed by atoms with Gasteiger partial charge in [-0.3, -0.25) is 0 Å². The van der Waals surface area contributed by atoms with Gasteiger partial charge in [-0.05, 0) is 36.4 Å². The fourth-order valence-electron chi connectivity index (χ4n) is 1.19. The lowest BCUT2D eigenvalue weighted by molar-refractivity contribution is 0.626. The number of hydrazine groups is 1. The summed E-state index contributed by atoms with van der Waals surface area (Å²) < 4.78 is 12.7. The zero-order valence-electron chi connectivity index (χ0n) is 8.35. The molecule has 1 aromatic carbocycles. The Morgan fingerprint density at radius 2 is 1.88 bits per heavy atom. The van der Waals surface area contributed by atoms with Gasteiger partial charge in [-0.2, -0.15) is 0 Å². The van der Waals surface area contributed by atoms with Crippen LogP contribution < -0.4 is 11.3 Å². The SMILES string of the molecule is NNc1cc(Sc2ccc(F)cc2)ccn1. The van der Waals surface area contributed by atoms with Crippen LogP contribution in [0.3, 0.4) is 0 Å². The van der Waals surface area contributed by atoms with Crippen LogP contribution >= 0.6 is 11.8 Å². The lowest BCUT2D eigenvalue weighted by Crippen LogP contribution is -2.07. The monoisotopic (exact) mass is 235 g/mol. The maximum atomic E-state index is 12.7. The summed E-state index contributed by atoms with van der Waals surface area (Å²) in [7, 11) is 0. The van der Waals surface area contributed by atoms with E-state index in [1.54, 1.807) is 18.3 Å². The van der Waals surface area contributed by atoms with E-state index in [0.29, 0.717) is 5.82 Å². The lowest BCUT2D eigenvalue weighted by atomic mass is 10.4. The van der Waals surface area contributed by atoms with Crippen molar-refractivity contribution in [2.24, 2.45) is 5.84 Å². The number of nitrogens with zero attached hydrogens (tertiary/aromatic N) is 1. The van der Waals surface area contributed by atoms with Crippen LogP contribution in [0, 0.1) is 5.82 Å². The molecule has 0 saturated heterocycles. The minimum atomic E-state index is -0.233. The first-order valence-corrected chi connectivity index (χ1v) is 5.45. The molecule has 0 unspecified atom stereocenters. The first-order chi connectivity index (χ1) is 7.78. The van der Waals surface area contributed by atoms with E-state index in [1.165, 1.54) is 23.9 Å². The average Bonchev–Trinajstić information content (AvgIpc) is 2.32. The number of rotatable bonds is 3. The highest BCUT2D eigenvalue weighted by Crippen LogP contribution is 2.28. The van der Waals surface area contributed by atoms with Crippen molar-refractivity contribution in [1.82, 2.24) is 4.98 Å². The lowest BCUT2D eigenvalue weighted by Gasteiger charge is -2.03. The number of benzene rings is 1. The van der Waals surface area contributed by atoms with E-state index in [2.05, 4.69) is 10.4 Å². The molecule has 1 heterocycles. The molecule has 0 bridgehead atoms. The molecule has 16 heavy (non-hydrogen) atoms. The summed E-state index contributed by atoms with van der Waals surface area (Å²) in [6.07, 6.45) is 1.67. The molecule has 3 nitrogen and oxygen atoms in total. The first-order valence-electron chi connectivity index (χ1n) is 4.64. The second-order valence-electron chi connectivity index (χ2n) is 3.08. The summed E-state index contributed by atoms with van der Waals surface area (Å²) in [6.45, 7) is 0. The highest BCUT2D eigenvalue weighted by molar-refractivity contribution is 7.99. The summed E-state index contributed by atoms with van der Waals surface area (Å²) in [4.78, 5) is 5.97. The van der Waals surface area contributed by atoms with E-state index in [4.69, 9.17) is 5.84 Å². The van der Waals surface area contributed by atoms with Gasteiger partial charge in [-0.1, -0.05) is 11.8 Å². The standard InChI is InChI=1S/C11H10FN3S/c12-8-1-3-9(4-2-8)16-10-5-6-14-11(7-10)15-13/h1-7H,13H2,(H,14,15). The number of hydrogen-bond donors (Lipinski definition) is 2. The van der Waals surface area contributed by atoms with Crippen LogP contribution in [0.1, 0.15) is 0 Å². The number of nitrogens with one attached hydrogen (secondary N) is 1. The molecule has 5 heteroatoms. The van der Waals surface area contributed by atoms with Crippen molar-refractivity contribution in [2.45, 2.75) is 9.79 Å². The summed E-state index contributed by atoms with van der Waals surface area (Å²) in [5.74, 6) is 5.63. The van der Waals surface area contributed by atoms with E-state index in [9.17, 15) is 4.39 Å². The van der Waals surface area contributed by atoms with Crippen LogP contribution in [0.2, 0.25) is 0 Å². The first kappa shape index (κ1) is 10.9. The summed E-state index contributed by atoms with van der Waals surface area (Å²) in [5, 5.41) is 0. The second-order valence-corrected chi connectivity index (χ2v) is 4.22. The van der Waals surface area contributed by atoms with E-state index in [1.807, 2.05) is 12.1 Å². The Labute approximate surface area is 96.9 Å². The molecule has 82 valence electrons. The van der Waals surface area contributed by atoms with Gasteiger partial charge in [0.15, 0.2) is 0 Å². The molecule has 0 aliphatic heterocycles. The molecule has 0 saturated carbocycles. The zero-order valence-corrected chi connectivity index (χ0v) is 9.17. The molecular formula is C11H10FN3S. The van der Waals surface area contributed by atoms with Gasteiger partial charge in [-0.25, -0.2) is 15.2 Å². The Bertz CT molecular complexity index is 473. The molecule has 0 atom stereocenters. The largest absolute Gasteiger partial charge is 0.308 e. The van der Waals surface area contributed by atoms with Crippen LogP contribution in [0.25, 0.3) is 0 Å². The molecule has 0 radical (unpaired) electrons. The van der Waals surface area contributed by atoms with Gasteiger partial charge in [0.2, 0.25) is 0 Å². The molecular weight excluding hydrogens is 225 g/mol. The van der Waals surface area contributed by atoms with Gasteiger partial charge in [0.05, 0.1) is 0 Å². The summed E-state index contributed by atoms with van der Waals surface area (Å²) in [6, 6.07) is 10.0. The highest BCUT2D eigenvalue weighted by atomic mass is 32.2. The third-order valence-electron chi connectivity index (χ3n) is 1.93. The maximum absolute atomic E-state index is 12.7. The molecule has 2 aromatic rings. The molecule has 3 N–H and O–H groups in total. The van der Waals surface area contributed by atoms with Gasteiger partial charge < -0.3 is 5.43 Å². The second kappa shape index (κ2) is 4.96. The quantitative estimate of drug-likeness (QED) is 0.634. The summed E-state index contributed by atoms with van der Waals surface area (Å²) in [5.41, 5.74) is 2.48. The number of aromatic nitrogens is 1. The fraction of sp³-hybridized carbons (Fsp3) is 0. The molecule has 0 fully saturated rings. The Balaban J connectivity index is 2.16. The Morgan fingerprint density at radius 3 is 2.56 bits per heavy atom. The van der Waals surface area contributed by atoms with Crippen molar-refractivity contribution in [1.29, 1.82) is 0 Å². The Morgan fingerprint density at radius 1 is 1.12 bits per heavy atom. The summed E-state index contributed by atoms with van der Waals surface area (Å²) >= 11 is 1.52. The minimum absolute atomic E-state index is 0.233. The van der Waals surface area contributed by atoms with Crippen molar-refractivity contribution in [3.63, 3.8) is 0 Å². The number of anilines is 1. The molecule has 2 rings (SSSR count). The van der Waals surface area contributed by atoms with Gasteiger partial charge in [0.1, 0.15) is 11.6 Å². The smallest absolute Gasteiger partial charge is 0.140 e. The van der Waals surface area contributed by atoms with Crippen LogP contribution in [-0.2, 0) is 0 Å². The maximum Gasteiger partial charge on any atom is 0.140 e.